The first-order valence-electron chi connectivity index (χ1n) is 9.53. The highest BCUT2D eigenvalue weighted by molar-refractivity contribution is 5.98. The lowest BCUT2D eigenvalue weighted by atomic mass is 9.99. The first-order valence-corrected chi connectivity index (χ1v) is 9.53. The molecule has 0 atom stereocenters. The molecule has 0 aromatic heterocycles. The van der Waals surface area contributed by atoms with Crippen molar-refractivity contribution in [2.75, 3.05) is 26.2 Å². The van der Waals surface area contributed by atoms with Gasteiger partial charge < -0.3 is 15.0 Å². The fraction of sp³-hybridized carbons (Fsp3) is 0.364. The Morgan fingerprint density at radius 2 is 1.96 bits per heavy atom. The molecule has 2 aliphatic heterocycles. The highest BCUT2D eigenvalue weighted by atomic mass is 16.5. The van der Waals surface area contributed by atoms with Crippen LogP contribution in [0.1, 0.15) is 32.6 Å². The molecule has 0 radical (unpaired) electrons. The molecule has 4 rings (SSSR count). The third kappa shape index (κ3) is 4.03. The van der Waals surface area contributed by atoms with Crippen LogP contribution in [0, 0.1) is 0 Å². The number of carbonyl (C=O) groups is 2. The Morgan fingerprint density at radius 1 is 1.07 bits per heavy atom. The summed E-state index contributed by atoms with van der Waals surface area (Å²) in [6.45, 7) is 2.74. The van der Waals surface area contributed by atoms with E-state index in [0.29, 0.717) is 25.3 Å². The fourth-order valence-corrected chi connectivity index (χ4v) is 3.78. The molecule has 0 bridgehead atoms. The molecule has 2 aromatic rings. The number of rotatable bonds is 5. The maximum absolute atomic E-state index is 12.5. The van der Waals surface area contributed by atoms with Crippen molar-refractivity contribution >= 4 is 11.8 Å². The van der Waals surface area contributed by atoms with E-state index in [9.17, 15) is 9.59 Å². The predicted molar refractivity (Wildman–Crippen MR) is 103 cm³/mol. The molecule has 5 nitrogen and oxygen atoms in total. The Kier molecular flexibility index (Phi) is 5.21. The van der Waals surface area contributed by atoms with Crippen LogP contribution < -0.4 is 5.32 Å². The molecule has 0 saturated carbocycles. The van der Waals surface area contributed by atoms with Crippen molar-refractivity contribution in [3.63, 3.8) is 0 Å². The van der Waals surface area contributed by atoms with Gasteiger partial charge in [0.05, 0.1) is 19.8 Å². The first-order chi connectivity index (χ1) is 13.2. The van der Waals surface area contributed by atoms with Gasteiger partial charge >= 0.3 is 0 Å². The minimum atomic E-state index is -0.107. The van der Waals surface area contributed by atoms with E-state index in [1.807, 2.05) is 24.3 Å². The standard InChI is InChI=1S/C22H24N2O3/c25-21(14-24-11-8-18-3-1-2-4-20(18)22(24)26)23-10-7-16-5-6-17-9-12-27-15-19(17)13-16/h1-6,13H,7-12,14-15H2,(H,23,25). The SMILES string of the molecule is O=C(CN1CCc2ccccc2C1=O)NCCc1ccc2c(c1)COCC2. The summed E-state index contributed by atoms with van der Waals surface area (Å²) in [5, 5.41) is 2.94. The van der Waals surface area contributed by atoms with Gasteiger partial charge in [0.1, 0.15) is 0 Å². The molecule has 0 fully saturated rings. The maximum Gasteiger partial charge on any atom is 0.254 e. The van der Waals surface area contributed by atoms with E-state index in [4.69, 9.17) is 4.74 Å². The Labute approximate surface area is 159 Å². The van der Waals surface area contributed by atoms with E-state index < -0.39 is 0 Å². The molecule has 27 heavy (non-hydrogen) atoms. The van der Waals surface area contributed by atoms with Crippen molar-refractivity contribution < 1.29 is 14.3 Å². The number of fused-ring (bicyclic) bond motifs is 2. The summed E-state index contributed by atoms with van der Waals surface area (Å²) in [6.07, 6.45) is 2.54. The average molecular weight is 364 g/mol. The fourth-order valence-electron chi connectivity index (χ4n) is 3.78. The van der Waals surface area contributed by atoms with Gasteiger partial charge in [0.25, 0.3) is 5.91 Å². The number of ether oxygens (including phenoxy) is 1. The number of carbonyl (C=O) groups excluding carboxylic acids is 2. The molecule has 5 heteroatoms. The van der Waals surface area contributed by atoms with Crippen LogP contribution in [0.4, 0.5) is 0 Å². The highest BCUT2D eigenvalue weighted by Crippen LogP contribution is 2.19. The van der Waals surface area contributed by atoms with Crippen LogP contribution in [0.3, 0.4) is 0 Å². The second-order valence-electron chi connectivity index (χ2n) is 7.14. The zero-order valence-corrected chi connectivity index (χ0v) is 15.4. The van der Waals surface area contributed by atoms with Gasteiger partial charge in [-0.2, -0.15) is 0 Å². The molecule has 140 valence electrons. The molecule has 0 spiro atoms. The van der Waals surface area contributed by atoms with Gasteiger partial charge in [-0.25, -0.2) is 0 Å². The minimum absolute atomic E-state index is 0.0540. The van der Waals surface area contributed by atoms with Crippen LogP contribution in [0.2, 0.25) is 0 Å². The number of nitrogens with zero attached hydrogens (tertiary/aromatic N) is 1. The molecule has 2 aliphatic rings. The van der Waals surface area contributed by atoms with Gasteiger partial charge in [-0.15, -0.1) is 0 Å². The van der Waals surface area contributed by atoms with E-state index in [1.165, 1.54) is 16.7 Å². The molecule has 0 saturated heterocycles. The summed E-state index contributed by atoms with van der Waals surface area (Å²) >= 11 is 0. The maximum atomic E-state index is 12.5. The summed E-state index contributed by atoms with van der Waals surface area (Å²) in [5.41, 5.74) is 5.59. The Morgan fingerprint density at radius 3 is 2.89 bits per heavy atom. The van der Waals surface area contributed by atoms with Crippen molar-refractivity contribution in [3.05, 3.63) is 70.3 Å². The van der Waals surface area contributed by atoms with E-state index in [0.717, 1.165) is 31.4 Å². The third-order valence-electron chi connectivity index (χ3n) is 5.30. The topological polar surface area (TPSA) is 58.6 Å². The highest BCUT2D eigenvalue weighted by Gasteiger charge is 2.25. The zero-order chi connectivity index (χ0) is 18.6. The summed E-state index contributed by atoms with van der Waals surface area (Å²) in [5.74, 6) is -0.161. The van der Waals surface area contributed by atoms with Gasteiger partial charge in [-0.3, -0.25) is 9.59 Å². The van der Waals surface area contributed by atoms with Crippen molar-refractivity contribution in [1.82, 2.24) is 10.2 Å². The monoisotopic (exact) mass is 364 g/mol. The molecule has 0 aliphatic carbocycles. The smallest absolute Gasteiger partial charge is 0.254 e. The molecule has 2 heterocycles. The lowest BCUT2D eigenvalue weighted by Crippen LogP contribution is -2.44. The zero-order valence-electron chi connectivity index (χ0n) is 15.4. The van der Waals surface area contributed by atoms with Gasteiger partial charge in [-0.05, 0) is 47.6 Å². The number of hydrogen-bond donors (Lipinski definition) is 1. The summed E-state index contributed by atoms with van der Waals surface area (Å²) in [7, 11) is 0. The predicted octanol–water partition coefficient (Wildman–Crippen LogP) is 2.12. The van der Waals surface area contributed by atoms with E-state index in [2.05, 4.69) is 23.5 Å². The van der Waals surface area contributed by atoms with Crippen molar-refractivity contribution in [2.45, 2.75) is 25.9 Å². The van der Waals surface area contributed by atoms with Crippen LogP contribution >= 0.6 is 0 Å². The second-order valence-corrected chi connectivity index (χ2v) is 7.14. The largest absolute Gasteiger partial charge is 0.376 e. The van der Waals surface area contributed by atoms with Crippen LogP contribution in [0.15, 0.2) is 42.5 Å². The van der Waals surface area contributed by atoms with E-state index >= 15 is 0 Å². The van der Waals surface area contributed by atoms with Crippen molar-refractivity contribution in [1.29, 1.82) is 0 Å². The van der Waals surface area contributed by atoms with Gasteiger partial charge in [-0.1, -0.05) is 36.4 Å². The van der Waals surface area contributed by atoms with Crippen molar-refractivity contribution in [3.8, 4) is 0 Å². The van der Waals surface area contributed by atoms with E-state index in [-0.39, 0.29) is 18.4 Å². The Balaban J connectivity index is 1.27. The molecular formula is C22H24N2O3. The average Bonchev–Trinajstić information content (AvgIpc) is 2.70. The number of benzene rings is 2. The first kappa shape index (κ1) is 17.7. The molecule has 2 amide bonds. The van der Waals surface area contributed by atoms with Gasteiger partial charge in [0.2, 0.25) is 5.91 Å². The van der Waals surface area contributed by atoms with E-state index in [1.54, 1.807) is 4.90 Å². The molecular weight excluding hydrogens is 340 g/mol. The lowest BCUT2D eigenvalue weighted by Gasteiger charge is -2.28. The number of hydrogen-bond acceptors (Lipinski definition) is 3. The normalized spacial score (nSPS) is 15.9. The van der Waals surface area contributed by atoms with Crippen LogP contribution in [0.25, 0.3) is 0 Å². The lowest BCUT2D eigenvalue weighted by molar-refractivity contribution is -0.121. The van der Waals surface area contributed by atoms with Gasteiger partial charge in [0.15, 0.2) is 0 Å². The number of amides is 2. The van der Waals surface area contributed by atoms with Crippen molar-refractivity contribution in [2.24, 2.45) is 0 Å². The summed E-state index contributed by atoms with van der Waals surface area (Å²) in [4.78, 5) is 26.4. The Bertz CT molecular complexity index is 862. The van der Waals surface area contributed by atoms with Crippen LogP contribution in [-0.2, 0) is 35.4 Å². The quantitative estimate of drug-likeness (QED) is 0.884. The van der Waals surface area contributed by atoms with Crippen LogP contribution in [-0.4, -0.2) is 43.0 Å². The second kappa shape index (κ2) is 7.92. The van der Waals surface area contributed by atoms with Crippen LogP contribution in [0.5, 0.6) is 0 Å². The molecule has 1 N–H and O–H groups in total. The number of nitrogens with one attached hydrogen (secondary N) is 1. The molecule has 2 aromatic carbocycles. The summed E-state index contributed by atoms with van der Waals surface area (Å²) < 4.78 is 5.51. The Hall–Kier alpha value is -2.66. The molecule has 0 unspecified atom stereocenters. The summed E-state index contributed by atoms with van der Waals surface area (Å²) in [6, 6.07) is 14.1. The minimum Gasteiger partial charge on any atom is -0.376 e. The van der Waals surface area contributed by atoms with Gasteiger partial charge in [0, 0.05) is 18.7 Å². The third-order valence-corrected chi connectivity index (χ3v) is 5.30.